The maximum Gasteiger partial charge on any atom is 0.263 e. The lowest BCUT2D eigenvalue weighted by Gasteiger charge is -2.34. The minimum absolute atomic E-state index is 0.0593. The number of amides is 1. The van der Waals surface area contributed by atoms with Crippen LogP contribution in [0.25, 0.3) is 10.8 Å². The lowest BCUT2D eigenvalue weighted by molar-refractivity contribution is -0.127. The Balaban J connectivity index is 1.56. The van der Waals surface area contributed by atoms with Crippen LogP contribution in [0.4, 0.5) is 5.69 Å². The van der Waals surface area contributed by atoms with Crippen LogP contribution in [0.2, 0.25) is 0 Å². The molecule has 3 aromatic carbocycles. The van der Waals surface area contributed by atoms with Gasteiger partial charge < -0.3 is 10.1 Å². The van der Waals surface area contributed by atoms with Crippen LogP contribution in [-0.2, 0) is 21.4 Å². The minimum Gasteiger partial charge on any atom is -0.476 e. The first-order valence-electron chi connectivity index (χ1n) is 9.32. The zero-order valence-corrected chi connectivity index (χ0v) is 17.1. The summed E-state index contributed by atoms with van der Waals surface area (Å²) in [6.07, 6.45) is 0.210. The number of nitrogens with zero attached hydrogens (tertiary/aromatic N) is 1. The normalized spacial score (nSPS) is 16.2. The molecule has 0 radical (unpaired) electrons. The van der Waals surface area contributed by atoms with E-state index < -0.39 is 16.1 Å². The fraction of sp³-hybridized carbons (Fsp3) is 0.227. The molecular weight excluding hydrogens is 388 g/mol. The summed E-state index contributed by atoms with van der Waals surface area (Å²) in [5.74, 6) is 0.0470. The number of carbonyl (C=O) groups is 1. The number of aryl methyl sites for hydroxylation is 1. The summed E-state index contributed by atoms with van der Waals surface area (Å²) in [6, 6.07) is 19.2. The van der Waals surface area contributed by atoms with Gasteiger partial charge in [-0.1, -0.05) is 48.5 Å². The van der Waals surface area contributed by atoms with Crippen LogP contribution in [0.3, 0.4) is 0 Å². The van der Waals surface area contributed by atoms with Crippen molar-refractivity contribution in [2.24, 2.45) is 0 Å². The van der Waals surface area contributed by atoms with E-state index in [1.807, 2.05) is 55.5 Å². The van der Waals surface area contributed by atoms with E-state index in [1.54, 1.807) is 12.1 Å². The minimum atomic E-state index is -3.54. The van der Waals surface area contributed by atoms with Crippen molar-refractivity contribution in [2.75, 3.05) is 17.1 Å². The van der Waals surface area contributed by atoms with Gasteiger partial charge >= 0.3 is 0 Å². The lowest BCUT2D eigenvalue weighted by atomic mass is 10.0. The Morgan fingerprint density at radius 3 is 2.69 bits per heavy atom. The highest BCUT2D eigenvalue weighted by Gasteiger charge is 2.35. The first-order valence-corrected chi connectivity index (χ1v) is 11.2. The van der Waals surface area contributed by atoms with Crippen LogP contribution in [0.15, 0.2) is 60.7 Å². The molecule has 0 saturated carbocycles. The predicted molar refractivity (Wildman–Crippen MR) is 114 cm³/mol. The average Bonchev–Trinajstić information content (AvgIpc) is 2.70. The van der Waals surface area contributed by atoms with Gasteiger partial charge in [-0.2, -0.15) is 0 Å². The molecule has 1 amide bonds. The Labute approximate surface area is 170 Å². The molecule has 7 heteroatoms. The lowest BCUT2D eigenvalue weighted by Crippen LogP contribution is -2.50. The second-order valence-electron chi connectivity index (χ2n) is 7.23. The molecule has 1 atom stereocenters. The van der Waals surface area contributed by atoms with E-state index in [-0.39, 0.29) is 12.5 Å². The number of benzene rings is 3. The molecule has 1 heterocycles. The quantitative estimate of drug-likeness (QED) is 0.718. The van der Waals surface area contributed by atoms with E-state index in [1.165, 1.54) is 4.31 Å². The third kappa shape index (κ3) is 3.91. The van der Waals surface area contributed by atoms with Gasteiger partial charge in [-0.05, 0) is 41.0 Å². The number of hydrogen-bond donors (Lipinski definition) is 1. The maximum absolute atomic E-state index is 12.8. The summed E-state index contributed by atoms with van der Waals surface area (Å²) in [4.78, 5) is 12.8. The van der Waals surface area contributed by atoms with E-state index in [4.69, 9.17) is 4.74 Å². The fourth-order valence-electron chi connectivity index (χ4n) is 3.55. The van der Waals surface area contributed by atoms with E-state index in [0.717, 1.165) is 28.2 Å². The zero-order chi connectivity index (χ0) is 20.6. The molecule has 3 aromatic rings. The number of sulfonamides is 1. The largest absolute Gasteiger partial charge is 0.476 e. The molecule has 6 nitrogen and oxygen atoms in total. The molecule has 1 N–H and O–H groups in total. The number of hydrogen-bond acceptors (Lipinski definition) is 4. The molecular formula is C22H22N2O4S. The Morgan fingerprint density at radius 2 is 1.90 bits per heavy atom. The summed E-state index contributed by atoms with van der Waals surface area (Å²) >= 11 is 0. The van der Waals surface area contributed by atoms with Gasteiger partial charge in [0, 0.05) is 6.54 Å². The second-order valence-corrected chi connectivity index (χ2v) is 9.13. The summed E-state index contributed by atoms with van der Waals surface area (Å²) < 4.78 is 31.6. The molecule has 0 saturated heterocycles. The summed E-state index contributed by atoms with van der Waals surface area (Å²) in [5.41, 5.74) is 2.37. The second kappa shape index (κ2) is 7.40. The predicted octanol–water partition coefficient (Wildman–Crippen LogP) is 2.99. The van der Waals surface area contributed by atoms with E-state index in [2.05, 4.69) is 5.32 Å². The molecule has 1 aliphatic heterocycles. The molecule has 0 unspecified atom stereocenters. The number of ether oxygens (including phenoxy) is 1. The van der Waals surface area contributed by atoms with E-state index in [9.17, 15) is 13.2 Å². The third-order valence-corrected chi connectivity index (χ3v) is 6.16. The highest BCUT2D eigenvalue weighted by atomic mass is 32.2. The monoisotopic (exact) mass is 410 g/mol. The molecule has 0 spiro atoms. The molecule has 4 rings (SSSR count). The number of anilines is 1. The first kappa shape index (κ1) is 19.3. The van der Waals surface area contributed by atoms with Crippen molar-refractivity contribution in [2.45, 2.75) is 19.6 Å². The highest BCUT2D eigenvalue weighted by Crippen LogP contribution is 2.35. The summed E-state index contributed by atoms with van der Waals surface area (Å²) in [5, 5.41) is 5.06. The van der Waals surface area contributed by atoms with Crippen molar-refractivity contribution < 1.29 is 17.9 Å². The van der Waals surface area contributed by atoms with Crippen molar-refractivity contribution in [3.05, 3.63) is 71.8 Å². The van der Waals surface area contributed by atoms with Gasteiger partial charge in [0.15, 0.2) is 6.10 Å². The zero-order valence-electron chi connectivity index (χ0n) is 16.3. The molecule has 0 aromatic heterocycles. The number of carbonyl (C=O) groups excluding carboxylic acids is 1. The Hall–Kier alpha value is -3.06. The summed E-state index contributed by atoms with van der Waals surface area (Å²) in [6.45, 7) is 2.16. The topological polar surface area (TPSA) is 75.7 Å². The fourth-order valence-corrected chi connectivity index (χ4v) is 4.47. The van der Waals surface area contributed by atoms with E-state index >= 15 is 0 Å². The molecule has 150 valence electrons. The van der Waals surface area contributed by atoms with Gasteiger partial charge in [0.1, 0.15) is 5.75 Å². The van der Waals surface area contributed by atoms with Crippen molar-refractivity contribution in [3.63, 3.8) is 0 Å². The van der Waals surface area contributed by atoms with Crippen LogP contribution in [-0.4, -0.2) is 33.2 Å². The number of nitrogens with one attached hydrogen (secondary N) is 1. The van der Waals surface area contributed by atoms with Gasteiger partial charge in [-0.15, -0.1) is 0 Å². The van der Waals surface area contributed by atoms with Gasteiger partial charge in [0.05, 0.1) is 18.5 Å². The van der Waals surface area contributed by atoms with Crippen molar-refractivity contribution in [3.8, 4) is 5.75 Å². The van der Waals surface area contributed by atoms with Gasteiger partial charge in [0.2, 0.25) is 10.0 Å². The third-order valence-electron chi connectivity index (χ3n) is 5.01. The Kier molecular flexibility index (Phi) is 4.92. The van der Waals surface area contributed by atoms with Crippen molar-refractivity contribution in [1.82, 2.24) is 5.32 Å². The average molecular weight is 410 g/mol. The summed E-state index contributed by atoms with van der Waals surface area (Å²) in [7, 11) is -3.54. The Bertz CT molecular complexity index is 1190. The van der Waals surface area contributed by atoms with Crippen LogP contribution in [0, 0.1) is 6.92 Å². The first-order chi connectivity index (χ1) is 13.8. The number of rotatable bonds is 4. The van der Waals surface area contributed by atoms with Crippen molar-refractivity contribution in [1.29, 1.82) is 0 Å². The van der Waals surface area contributed by atoms with Gasteiger partial charge in [-0.3, -0.25) is 9.10 Å². The molecule has 0 aliphatic carbocycles. The smallest absolute Gasteiger partial charge is 0.263 e. The standard InChI is InChI=1S/C22H22N2O4S/c1-15-10-11-19-20(12-15)28-21(14-24(19)29(2,26)27)22(25)23-13-17-8-5-7-16-6-3-4-9-18(16)17/h3-12,21H,13-14H2,1-2H3,(H,23,25)/t21-/m0/s1. The van der Waals surface area contributed by atoms with Gasteiger partial charge in [0.25, 0.3) is 5.91 Å². The van der Waals surface area contributed by atoms with Crippen LogP contribution in [0.1, 0.15) is 11.1 Å². The molecule has 29 heavy (non-hydrogen) atoms. The maximum atomic E-state index is 12.8. The SMILES string of the molecule is Cc1ccc2c(c1)O[C@H](C(=O)NCc1cccc3ccccc13)CN2S(C)(=O)=O. The molecule has 1 aliphatic rings. The van der Waals surface area contributed by atoms with E-state index in [0.29, 0.717) is 18.0 Å². The van der Waals surface area contributed by atoms with Crippen LogP contribution >= 0.6 is 0 Å². The van der Waals surface area contributed by atoms with Gasteiger partial charge in [-0.25, -0.2) is 8.42 Å². The Morgan fingerprint density at radius 1 is 1.14 bits per heavy atom. The van der Waals surface area contributed by atoms with Crippen LogP contribution < -0.4 is 14.4 Å². The highest BCUT2D eigenvalue weighted by molar-refractivity contribution is 7.92. The molecule has 0 fully saturated rings. The van der Waals surface area contributed by atoms with Crippen LogP contribution in [0.5, 0.6) is 5.75 Å². The molecule has 0 bridgehead atoms. The van der Waals surface area contributed by atoms with Crippen molar-refractivity contribution >= 4 is 32.4 Å². The number of fused-ring (bicyclic) bond motifs is 2.